The lowest BCUT2D eigenvalue weighted by Gasteiger charge is -2.25. The first-order chi connectivity index (χ1) is 47.4. The Morgan fingerprint density at radius 2 is 0.878 bits per heavy atom. The largest absolute Gasteiger partial charge is 0.393 e. The summed E-state index contributed by atoms with van der Waals surface area (Å²) in [6.07, 6.45) is 36.6. The molecule has 0 spiro atoms. The van der Waals surface area contributed by atoms with Crippen molar-refractivity contribution in [3.63, 3.8) is 0 Å². The standard InChI is InChI=1S/C27H37N5O2.C24H34N6O2.C21H30N6O4S/c1-18(17-34-2)30-27-29-16-26-24(15-25(32(26)31-27)20-7-9-23(33)10-8-20)21-11-12-28-22(14-21)13-19-5-3-4-6-19;1-16(15-32-2)27-24-25-12-23-21(19-11-26-29(14-19)13-17-4-3-5-17)10-22(30(23)28-24)18-6-8-20(31)9-7-18;1-14(12-31-2)24-21-22-10-20-18(16-9-23-26(11-16)13-32(3,29)30)8-19(27(20)25-21)15-4-6-17(28)7-5-15/h11-12,14-16,18-20,23,33H,3-10,13,17H2,1-2H3,(H,30,31);10-12,14,16-18,20,31H,3-9,13,15H2,1-2H3,(H,27,28);8-11,14-15,17,28H,4-7,12-13H2,1-3H3,(H,24,25)/t18-,20?,23?;16-,18?,20?;14-,15?,17?/m000/s1. The van der Waals surface area contributed by atoms with Gasteiger partial charge in [0.25, 0.3) is 0 Å². The Balaban J connectivity index is 0.000000140. The predicted octanol–water partition coefficient (Wildman–Crippen LogP) is 10.9. The van der Waals surface area contributed by atoms with Gasteiger partial charge in [0.1, 0.15) is 5.88 Å². The average molecular weight is 1360 g/mol. The number of hydrogen-bond acceptors (Lipinski definition) is 20. The number of pyridine rings is 1. The molecule has 6 N–H and O–H groups in total. The van der Waals surface area contributed by atoms with Crippen LogP contribution in [0.4, 0.5) is 17.8 Å². The van der Waals surface area contributed by atoms with E-state index in [1.165, 1.54) is 78.5 Å². The number of anilines is 3. The number of fused-ring (bicyclic) bond motifs is 3. The summed E-state index contributed by atoms with van der Waals surface area (Å²) < 4.78 is 48.5. The molecule has 26 heteroatoms. The fourth-order valence-corrected chi connectivity index (χ4v) is 15.7. The van der Waals surface area contributed by atoms with E-state index >= 15 is 0 Å². The Morgan fingerprint density at radius 1 is 0.490 bits per heavy atom. The Bertz CT molecular complexity index is 4170. The lowest BCUT2D eigenvalue weighted by atomic mass is 9.85. The molecule has 9 aromatic heterocycles. The van der Waals surface area contributed by atoms with Gasteiger partial charge in [0, 0.05) is 139 Å². The van der Waals surface area contributed by atoms with Crippen LogP contribution in [0.2, 0.25) is 0 Å². The number of aliphatic hydroxyl groups excluding tert-OH is 3. The maximum atomic E-state index is 11.6. The molecule has 14 rings (SSSR count). The van der Waals surface area contributed by atoms with Gasteiger partial charge in [-0.05, 0) is 165 Å². The summed E-state index contributed by atoms with van der Waals surface area (Å²) in [5.74, 6) is 4.10. The predicted molar refractivity (Wildman–Crippen MR) is 379 cm³/mol. The summed E-state index contributed by atoms with van der Waals surface area (Å²) in [7, 11) is 1.85. The summed E-state index contributed by atoms with van der Waals surface area (Å²) in [6.45, 7) is 8.82. The Hall–Kier alpha value is -7.46. The van der Waals surface area contributed by atoms with Crippen molar-refractivity contribution in [1.82, 2.24) is 68.3 Å². The monoisotopic (exact) mass is 1360 g/mol. The molecule has 0 bridgehead atoms. The van der Waals surface area contributed by atoms with Gasteiger partial charge >= 0.3 is 0 Å². The summed E-state index contributed by atoms with van der Waals surface area (Å²) in [6, 6.07) is 11.3. The highest BCUT2D eigenvalue weighted by molar-refractivity contribution is 7.89. The fraction of sp³-hybridized carbons (Fsp3) is 0.597. The van der Waals surface area contributed by atoms with E-state index in [1.54, 1.807) is 39.9 Å². The van der Waals surface area contributed by atoms with Gasteiger partial charge in [-0.25, -0.2) is 36.9 Å². The van der Waals surface area contributed by atoms with E-state index in [0.717, 1.165) is 152 Å². The summed E-state index contributed by atoms with van der Waals surface area (Å²) >= 11 is 0. The normalized spacial score (nSPS) is 21.9. The van der Waals surface area contributed by atoms with Crippen LogP contribution in [0.15, 0.2) is 79.9 Å². The van der Waals surface area contributed by atoms with Crippen molar-refractivity contribution >= 4 is 44.2 Å². The smallest absolute Gasteiger partial charge is 0.241 e. The molecule has 5 saturated carbocycles. The summed E-state index contributed by atoms with van der Waals surface area (Å²) in [5, 5.41) is 63.3. The van der Waals surface area contributed by atoms with Crippen LogP contribution in [-0.4, -0.2) is 176 Å². The molecule has 5 aliphatic carbocycles. The van der Waals surface area contributed by atoms with Crippen LogP contribution < -0.4 is 16.0 Å². The zero-order valence-electron chi connectivity index (χ0n) is 58.1. The van der Waals surface area contributed by atoms with Gasteiger partial charge in [-0.2, -0.15) is 10.2 Å². The van der Waals surface area contributed by atoms with Crippen molar-refractivity contribution < 1.29 is 37.9 Å². The number of nitrogens with zero attached hydrogens (tertiary/aromatic N) is 14. The van der Waals surface area contributed by atoms with E-state index in [0.29, 0.717) is 49.5 Å². The number of ether oxygens (including phenoxy) is 3. The number of methoxy groups -OCH3 is 3. The van der Waals surface area contributed by atoms with Crippen LogP contribution in [-0.2, 0) is 42.9 Å². The minimum Gasteiger partial charge on any atom is -0.393 e. The summed E-state index contributed by atoms with van der Waals surface area (Å²) in [4.78, 5) is 18.4. The van der Waals surface area contributed by atoms with Gasteiger partial charge < -0.3 is 45.5 Å². The van der Waals surface area contributed by atoms with Gasteiger partial charge in [-0.3, -0.25) is 14.3 Å². The van der Waals surface area contributed by atoms with Crippen molar-refractivity contribution in [3.05, 3.63) is 103 Å². The third-order valence-corrected chi connectivity index (χ3v) is 21.1. The molecular weight excluding hydrogens is 1260 g/mol. The molecule has 25 nitrogen and oxygen atoms in total. The first-order valence-electron chi connectivity index (χ1n) is 35.6. The Labute approximate surface area is 574 Å². The first kappa shape index (κ1) is 70.4. The topological polar surface area (TPSA) is 298 Å². The molecular formula is C72H101N17O8S. The first-order valence-corrected chi connectivity index (χ1v) is 37.7. The second kappa shape index (κ2) is 32.2. The van der Waals surface area contributed by atoms with E-state index in [4.69, 9.17) is 29.5 Å². The van der Waals surface area contributed by atoms with E-state index in [9.17, 15) is 23.7 Å². The van der Waals surface area contributed by atoms with E-state index < -0.39 is 9.84 Å². The molecule has 9 aromatic rings. The van der Waals surface area contributed by atoms with Crippen molar-refractivity contribution in [2.24, 2.45) is 11.8 Å². The van der Waals surface area contributed by atoms with E-state index in [2.05, 4.69) is 110 Å². The highest BCUT2D eigenvalue weighted by Gasteiger charge is 2.31. The van der Waals surface area contributed by atoms with Crippen LogP contribution in [0, 0.1) is 11.8 Å². The highest BCUT2D eigenvalue weighted by Crippen LogP contribution is 2.42. The summed E-state index contributed by atoms with van der Waals surface area (Å²) in [5.41, 5.74) is 13.8. The molecule has 0 radical (unpaired) electrons. The van der Waals surface area contributed by atoms with Crippen LogP contribution in [0.1, 0.15) is 183 Å². The molecule has 98 heavy (non-hydrogen) atoms. The molecule has 5 aliphatic rings. The molecule has 0 amide bonds. The molecule has 5 fully saturated rings. The molecule has 9 heterocycles. The number of nitrogens with one attached hydrogen (secondary N) is 3. The maximum Gasteiger partial charge on any atom is 0.241 e. The van der Waals surface area contributed by atoms with Crippen LogP contribution in [0.5, 0.6) is 0 Å². The van der Waals surface area contributed by atoms with Gasteiger partial charge in [-0.15, -0.1) is 15.3 Å². The highest BCUT2D eigenvalue weighted by atomic mass is 32.2. The Kier molecular flexibility index (Phi) is 23.2. The van der Waals surface area contributed by atoms with Crippen LogP contribution in [0.25, 0.3) is 49.9 Å². The van der Waals surface area contributed by atoms with Crippen molar-refractivity contribution in [2.75, 3.05) is 63.4 Å². The lowest BCUT2D eigenvalue weighted by Crippen LogP contribution is -2.23. The van der Waals surface area contributed by atoms with Crippen LogP contribution >= 0.6 is 0 Å². The fourth-order valence-electron chi connectivity index (χ4n) is 15.1. The molecule has 3 atom stereocenters. The minimum absolute atomic E-state index is 0.0509. The number of aromatic nitrogens is 14. The lowest BCUT2D eigenvalue weighted by molar-refractivity contribution is 0.121. The number of aliphatic hydroxyl groups is 3. The van der Waals surface area contributed by atoms with Gasteiger partial charge in [0.2, 0.25) is 17.8 Å². The molecule has 0 unspecified atom stereocenters. The van der Waals surface area contributed by atoms with Crippen molar-refractivity contribution in [1.29, 1.82) is 0 Å². The quantitative estimate of drug-likeness (QED) is 0.0328. The van der Waals surface area contributed by atoms with Crippen LogP contribution in [0.3, 0.4) is 0 Å². The van der Waals surface area contributed by atoms with Gasteiger partial charge in [-0.1, -0.05) is 32.1 Å². The van der Waals surface area contributed by atoms with Crippen molar-refractivity contribution in [3.8, 4) is 33.4 Å². The van der Waals surface area contributed by atoms with Crippen molar-refractivity contribution in [2.45, 2.75) is 216 Å². The molecule has 0 aromatic carbocycles. The van der Waals surface area contributed by atoms with E-state index in [1.807, 2.05) is 36.2 Å². The average Bonchev–Trinajstić information content (AvgIpc) is 1.63. The third kappa shape index (κ3) is 17.6. The number of rotatable bonds is 24. The molecule has 0 saturated heterocycles. The number of sulfone groups is 1. The molecule has 528 valence electrons. The van der Waals surface area contributed by atoms with E-state index in [-0.39, 0.29) is 48.2 Å². The minimum atomic E-state index is -3.20. The maximum absolute atomic E-state index is 11.6. The number of hydrogen-bond donors (Lipinski definition) is 6. The molecule has 0 aliphatic heterocycles. The van der Waals surface area contributed by atoms with Gasteiger partial charge in [0.15, 0.2) is 9.84 Å². The third-order valence-electron chi connectivity index (χ3n) is 20.4. The Morgan fingerprint density at radius 3 is 1.27 bits per heavy atom. The SMILES string of the molecule is COC[C@H](C)Nc1ncc2c(-c3ccnc(CC4CCCC4)c3)cc(C3CCC(O)CC3)n2n1.COC[C@H](C)Nc1ncc2c(-c3cnn(CC4CCC4)c3)cc(C3CCC(O)CC3)n2n1.COC[C@H](C)Nc1ncc2c(-c3cnn(CS(C)(=O)=O)c3)cc(C3CCC(O)CC3)n2n1. The second-order valence-electron chi connectivity index (χ2n) is 28.6. The zero-order chi connectivity index (χ0) is 68.5. The van der Waals surface area contributed by atoms with Gasteiger partial charge in [0.05, 0.1) is 85.7 Å². The second-order valence-corrected chi connectivity index (χ2v) is 30.7. The zero-order valence-corrected chi connectivity index (χ0v) is 58.9.